The lowest BCUT2D eigenvalue weighted by atomic mass is 10.1. The van der Waals surface area contributed by atoms with Gasteiger partial charge in [0.05, 0.1) is 12.2 Å². The summed E-state index contributed by atoms with van der Waals surface area (Å²) in [7, 11) is 0. The summed E-state index contributed by atoms with van der Waals surface area (Å²) in [5.41, 5.74) is 3.61. The van der Waals surface area contributed by atoms with Crippen LogP contribution >= 0.6 is 28.1 Å². The number of nitrogens with one attached hydrogen (secondary N) is 2. The second kappa shape index (κ2) is 9.69. The van der Waals surface area contributed by atoms with Gasteiger partial charge in [-0.05, 0) is 61.3 Å². The van der Waals surface area contributed by atoms with Crippen LogP contribution in [0.5, 0.6) is 5.75 Å². The van der Waals surface area contributed by atoms with E-state index in [0.29, 0.717) is 17.9 Å². The van der Waals surface area contributed by atoms with Crippen molar-refractivity contribution in [2.24, 2.45) is 0 Å². The number of benzene rings is 2. The first kappa shape index (κ1) is 20.4. The van der Waals surface area contributed by atoms with Crippen molar-refractivity contribution >= 4 is 44.9 Å². The maximum atomic E-state index is 12.7. The van der Waals surface area contributed by atoms with Crippen molar-refractivity contribution in [1.29, 1.82) is 0 Å². The molecule has 2 N–H and O–H groups in total. The summed E-state index contributed by atoms with van der Waals surface area (Å²) in [5, 5.41) is 6.17. The molecular weight excluding hydrogens is 412 g/mol. The maximum absolute atomic E-state index is 12.7. The van der Waals surface area contributed by atoms with Gasteiger partial charge in [-0.2, -0.15) is 0 Å². The number of halogens is 1. The van der Waals surface area contributed by atoms with Gasteiger partial charge in [-0.3, -0.25) is 10.1 Å². The van der Waals surface area contributed by atoms with Crippen molar-refractivity contribution in [3.63, 3.8) is 0 Å². The smallest absolute Gasteiger partial charge is 0.261 e. The fourth-order valence-corrected chi connectivity index (χ4v) is 3.09. The Bertz CT molecular complexity index is 808. The average Bonchev–Trinajstić information content (AvgIpc) is 2.62. The Labute approximate surface area is 168 Å². The number of hydrogen-bond acceptors (Lipinski definition) is 3. The zero-order valence-corrected chi connectivity index (χ0v) is 17.6. The number of ether oxygens (including phenoxy) is 1. The summed E-state index contributed by atoms with van der Waals surface area (Å²) < 4.78 is 6.48. The number of anilines is 1. The van der Waals surface area contributed by atoms with E-state index in [9.17, 15) is 4.79 Å². The van der Waals surface area contributed by atoms with Crippen molar-refractivity contribution in [2.75, 3.05) is 11.9 Å². The molecule has 6 heteroatoms. The lowest BCUT2D eigenvalue weighted by Crippen LogP contribution is -2.34. The SMILES string of the molecule is CCCOc1ccc(Br)cc1C(=O)NC(=S)Nc1c(C)cccc1CC. The van der Waals surface area contributed by atoms with E-state index in [4.69, 9.17) is 17.0 Å². The van der Waals surface area contributed by atoms with Gasteiger partial charge in [0.2, 0.25) is 0 Å². The Morgan fingerprint density at radius 1 is 1.23 bits per heavy atom. The fraction of sp³-hybridized carbons (Fsp3) is 0.300. The number of amides is 1. The third-order valence-electron chi connectivity index (χ3n) is 3.85. The summed E-state index contributed by atoms with van der Waals surface area (Å²) in [6.07, 6.45) is 1.74. The van der Waals surface area contributed by atoms with E-state index < -0.39 is 0 Å². The molecule has 2 aromatic carbocycles. The van der Waals surface area contributed by atoms with Crippen LogP contribution in [0.2, 0.25) is 0 Å². The van der Waals surface area contributed by atoms with E-state index in [1.807, 2.05) is 38.1 Å². The van der Waals surface area contributed by atoms with E-state index in [0.717, 1.165) is 34.1 Å². The minimum atomic E-state index is -0.304. The molecule has 26 heavy (non-hydrogen) atoms. The minimum Gasteiger partial charge on any atom is -0.493 e. The van der Waals surface area contributed by atoms with E-state index in [-0.39, 0.29) is 11.0 Å². The number of carbonyl (C=O) groups excluding carboxylic acids is 1. The Morgan fingerprint density at radius 3 is 2.69 bits per heavy atom. The van der Waals surface area contributed by atoms with E-state index in [2.05, 4.69) is 33.5 Å². The molecule has 0 aliphatic rings. The number of aryl methyl sites for hydroxylation is 2. The predicted octanol–water partition coefficient (Wildman–Crippen LogP) is 5.24. The summed E-state index contributed by atoms with van der Waals surface area (Å²) in [5.74, 6) is 0.238. The van der Waals surface area contributed by atoms with Gasteiger partial charge in [0.25, 0.3) is 5.91 Å². The van der Waals surface area contributed by atoms with E-state index in [1.165, 1.54) is 0 Å². The highest BCUT2D eigenvalue weighted by atomic mass is 79.9. The molecule has 0 unspecified atom stereocenters. The zero-order chi connectivity index (χ0) is 19.1. The van der Waals surface area contributed by atoms with Crippen LogP contribution in [-0.4, -0.2) is 17.6 Å². The Balaban J connectivity index is 2.15. The standard InChI is InChI=1S/C20H23BrN2O2S/c1-4-11-25-17-10-9-15(21)12-16(17)19(24)23-20(26)22-18-13(3)7-6-8-14(18)5-2/h6-10,12H,4-5,11H2,1-3H3,(H2,22,23,24,26). The van der Waals surface area contributed by atoms with Gasteiger partial charge in [0, 0.05) is 10.2 Å². The van der Waals surface area contributed by atoms with Crippen molar-refractivity contribution in [1.82, 2.24) is 5.32 Å². The first-order valence-corrected chi connectivity index (χ1v) is 9.79. The molecule has 0 spiro atoms. The van der Waals surface area contributed by atoms with Crippen LogP contribution in [0.15, 0.2) is 40.9 Å². The van der Waals surface area contributed by atoms with Gasteiger partial charge in [0.1, 0.15) is 5.75 Å². The molecule has 2 aromatic rings. The Hall–Kier alpha value is -1.92. The molecule has 0 saturated heterocycles. The Kier molecular flexibility index (Phi) is 7.60. The highest BCUT2D eigenvalue weighted by Gasteiger charge is 2.15. The number of para-hydroxylation sites is 1. The lowest BCUT2D eigenvalue weighted by molar-refractivity contribution is 0.0973. The van der Waals surface area contributed by atoms with Crippen molar-refractivity contribution in [3.8, 4) is 5.75 Å². The second-order valence-electron chi connectivity index (χ2n) is 5.86. The van der Waals surface area contributed by atoms with Crippen LogP contribution in [0, 0.1) is 6.92 Å². The highest BCUT2D eigenvalue weighted by Crippen LogP contribution is 2.24. The zero-order valence-electron chi connectivity index (χ0n) is 15.2. The van der Waals surface area contributed by atoms with Gasteiger partial charge in [0.15, 0.2) is 5.11 Å². The fourth-order valence-electron chi connectivity index (χ4n) is 2.53. The van der Waals surface area contributed by atoms with Crippen LogP contribution in [0.4, 0.5) is 5.69 Å². The minimum absolute atomic E-state index is 0.264. The van der Waals surface area contributed by atoms with Crippen molar-refractivity contribution in [3.05, 3.63) is 57.6 Å². The van der Waals surface area contributed by atoms with Crippen LogP contribution < -0.4 is 15.4 Å². The summed E-state index contributed by atoms with van der Waals surface area (Å²) >= 11 is 8.74. The van der Waals surface area contributed by atoms with Gasteiger partial charge < -0.3 is 10.1 Å². The molecule has 0 aliphatic carbocycles. The van der Waals surface area contributed by atoms with E-state index >= 15 is 0 Å². The molecule has 0 heterocycles. The highest BCUT2D eigenvalue weighted by molar-refractivity contribution is 9.10. The van der Waals surface area contributed by atoms with Gasteiger partial charge >= 0.3 is 0 Å². The third kappa shape index (κ3) is 5.29. The monoisotopic (exact) mass is 434 g/mol. The molecule has 0 aliphatic heterocycles. The summed E-state index contributed by atoms with van der Waals surface area (Å²) in [4.78, 5) is 12.7. The molecular formula is C20H23BrN2O2S. The first-order chi connectivity index (χ1) is 12.5. The second-order valence-corrected chi connectivity index (χ2v) is 7.18. The molecule has 0 bridgehead atoms. The topological polar surface area (TPSA) is 50.4 Å². The predicted molar refractivity (Wildman–Crippen MR) is 114 cm³/mol. The van der Waals surface area contributed by atoms with E-state index in [1.54, 1.807) is 12.1 Å². The summed E-state index contributed by atoms with van der Waals surface area (Å²) in [6, 6.07) is 11.4. The van der Waals surface area contributed by atoms with Crippen LogP contribution in [0.25, 0.3) is 0 Å². The van der Waals surface area contributed by atoms with Gasteiger partial charge in [-0.25, -0.2) is 0 Å². The molecule has 0 saturated carbocycles. The van der Waals surface area contributed by atoms with Crippen molar-refractivity contribution in [2.45, 2.75) is 33.6 Å². The Morgan fingerprint density at radius 2 is 2.00 bits per heavy atom. The molecule has 0 fully saturated rings. The molecule has 138 valence electrons. The molecule has 0 radical (unpaired) electrons. The van der Waals surface area contributed by atoms with Crippen LogP contribution in [0.1, 0.15) is 41.8 Å². The molecule has 0 aromatic heterocycles. The third-order valence-corrected chi connectivity index (χ3v) is 4.55. The van der Waals surface area contributed by atoms with Crippen LogP contribution in [0.3, 0.4) is 0 Å². The number of thiocarbonyl (C=S) groups is 1. The number of carbonyl (C=O) groups is 1. The normalized spacial score (nSPS) is 10.3. The molecule has 4 nitrogen and oxygen atoms in total. The molecule has 2 rings (SSSR count). The van der Waals surface area contributed by atoms with Crippen LogP contribution in [-0.2, 0) is 6.42 Å². The largest absolute Gasteiger partial charge is 0.493 e. The number of hydrogen-bond donors (Lipinski definition) is 2. The van der Waals surface area contributed by atoms with Gasteiger partial charge in [-0.1, -0.05) is 48.0 Å². The average molecular weight is 435 g/mol. The first-order valence-electron chi connectivity index (χ1n) is 8.59. The number of rotatable bonds is 6. The lowest BCUT2D eigenvalue weighted by Gasteiger charge is -2.16. The maximum Gasteiger partial charge on any atom is 0.261 e. The molecule has 1 amide bonds. The van der Waals surface area contributed by atoms with Gasteiger partial charge in [-0.15, -0.1) is 0 Å². The quantitative estimate of drug-likeness (QED) is 0.610. The summed E-state index contributed by atoms with van der Waals surface area (Å²) in [6.45, 7) is 6.66. The van der Waals surface area contributed by atoms with Crippen molar-refractivity contribution < 1.29 is 9.53 Å². The molecule has 0 atom stereocenters.